The lowest BCUT2D eigenvalue weighted by atomic mass is 10.2. The quantitative estimate of drug-likeness (QED) is 0.588. The molecule has 3 aromatic rings. The van der Waals surface area contributed by atoms with Gasteiger partial charge in [0.2, 0.25) is 5.95 Å². The van der Waals surface area contributed by atoms with Crippen LogP contribution in [-0.2, 0) is 4.74 Å². The van der Waals surface area contributed by atoms with Gasteiger partial charge in [-0.15, -0.1) is 10.2 Å². The van der Waals surface area contributed by atoms with Crippen molar-refractivity contribution >= 4 is 23.8 Å². The van der Waals surface area contributed by atoms with Gasteiger partial charge in [-0.05, 0) is 24.1 Å². The van der Waals surface area contributed by atoms with Crippen LogP contribution in [-0.4, -0.2) is 46.8 Å². The van der Waals surface area contributed by atoms with Gasteiger partial charge in [0.25, 0.3) is 0 Å². The molecule has 1 aliphatic heterocycles. The second kappa shape index (κ2) is 9.08. The first-order valence-corrected chi connectivity index (χ1v) is 10.5. The van der Waals surface area contributed by atoms with E-state index in [2.05, 4.69) is 87.3 Å². The van der Waals surface area contributed by atoms with Crippen molar-refractivity contribution in [3.8, 4) is 5.69 Å². The molecule has 5 nitrogen and oxygen atoms in total. The van der Waals surface area contributed by atoms with Gasteiger partial charge in [-0.25, -0.2) is 0 Å². The summed E-state index contributed by atoms with van der Waals surface area (Å²) in [5, 5.41) is 9.96. The zero-order valence-electron chi connectivity index (χ0n) is 16.0. The van der Waals surface area contributed by atoms with Crippen molar-refractivity contribution in [1.82, 2.24) is 14.8 Å². The normalized spacial score (nSPS) is 14.7. The number of thioether (sulfide) groups is 1. The van der Waals surface area contributed by atoms with Crippen molar-refractivity contribution in [3.05, 3.63) is 71.8 Å². The van der Waals surface area contributed by atoms with Crippen molar-refractivity contribution in [1.29, 1.82) is 0 Å². The number of rotatable bonds is 6. The molecule has 2 aromatic carbocycles. The van der Waals surface area contributed by atoms with E-state index in [1.165, 1.54) is 11.1 Å². The highest BCUT2D eigenvalue weighted by molar-refractivity contribution is 7.99. The first-order chi connectivity index (χ1) is 13.8. The molecule has 0 aliphatic carbocycles. The van der Waals surface area contributed by atoms with Gasteiger partial charge in [-0.1, -0.05) is 72.4 Å². The van der Waals surface area contributed by atoms with Gasteiger partial charge in [0.15, 0.2) is 5.16 Å². The predicted molar refractivity (Wildman–Crippen MR) is 115 cm³/mol. The molecule has 144 valence electrons. The zero-order chi connectivity index (χ0) is 19.2. The Hall–Kier alpha value is -2.57. The molecule has 1 saturated heterocycles. The largest absolute Gasteiger partial charge is 0.378 e. The summed E-state index contributed by atoms with van der Waals surface area (Å²) < 4.78 is 7.69. The van der Waals surface area contributed by atoms with Gasteiger partial charge in [0, 0.05) is 18.8 Å². The van der Waals surface area contributed by atoms with Crippen LogP contribution in [0.1, 0.15) is 11.1 Å². The molecule has 1 fully saturated rings. The summed E-state index contributed by atoms with van der Waals surface area (Å²) in [6.45, 7) is 5.25. The molecule has 6 heteroatoms. The molecular weight excluding hydrogens is 368 g/mol. The van der Waals surface area contributed by atoms with E-state index in [1.807, 2.05) is 6.07 Å². The van der Waals surface area contributed by atoms with E-state index in [1.54, 1.807) is 11.8 Å². The first kappa shape index (κ1) is 18.8. The second-order valence-corrected chi connectivity index (χ2v) is 7.62. The number of nitrogens with zero attached hydrogens (tertiary/aromatic N) is 4. The van der Waals surface area contributed by atoms with Crippen LogP contribution in [0.5, 0.6) is 0 Å². The van der Waals surface area contributed by atoms with Crippen LogP contribution in [0.2, 0.25) is 0 Å². The Bertz CT molecular complexity index is 933. The summed E-state index contributed by atoms with van der Waals surface area (Å²) in [6.07, 6.45) is 4.32. The molecule has 0 bridgehead atoms. The highest BCUT2D eigenvalue weighted by Gasteiger charge is 2.22. The van der Waals surface area contributed by atoms with Gasteiger partial charge in [-0.3, -0.25) is 4.57 Å². The van der Waals surface area contributed by atoms with Crippen molar-refractivity contribution in [2.24, 2.45) is 0 Å². The lowest BCUT2D eigenvalue weighted by Crippen LogP contribution is -2.38. The topological polar surface area (TPSA) is 43.2 Å². The maximum Gasteiger partial charge on any atom is 0.232 e. The predicted octanol–water partition coefficient (Wildman–Crippen LogP) is 4.22. The fraction of sp³-hybridized carbons (Fsp3) is 0.273. The fourth-order valence-corrected chi connectivity index (χ4v) is 3.97. The molecule has 4 rings (SSSR count). The number of anilines is 1. The molecule has 0 spiro atoms. The van der Waals surface area contributed by atoms with Crippen LogP contribution < -0.4 is 4.90 Å². The Morgan fingerprint density at radius 1 is 1.00 bits per heavy atom. The van der Waals surface area contributed by atoms with Gasteiger partial charge in [0.05, 0.1) is 18.9 Å². The van der Waals surface area contributed by atoms with Gasteiger partial charge >= 0.3 is 0 Å². The molecular formula is C22H24N4OS. The maximum atomic E-state index is 5.51. The molecule has 1 aliphatic rings. The third-order valence-corrected chi connectivity index (χ3v) is 5.57. The molecule has 1 aromatic heterocycles. The SMILES string of the molecule is Cc1ccccc1-n1c(SCC=Cc2ccccc2)nnc1N1CCOCC1. The van der Waals surface area contributed by atoms with Crippen molar-refractivity contribution in [2.45, 2.75) is 12.1 Å². The number of hydrogen-bond donors (Lipinski definition) is 0. The van der Waals surface area contributed by atoms with E-state index in [0.29, 0.717) is 0 Å². The van der Waals surface area contributed by atoms with Crippen LogP contribution >= 0.6 is 11.8 Å². The van der Waals surface area contributed by atoms with E-state index in [9.17, 15) is 0 Å². The van der Waals surface area contributed by atoms with Crippen molar-refractivity contribution < 1.29 is 4.74 Å². The number of aryl methyl sites for hydroxylation is 1. The standard InChI is InChI=1S/C22H24N4OS/c1-18-8-5-6-12-20(18)26-21(25-13-15-27-16-14-25)23-24-22(26)28-17-7-11-19-9-3-2-4-10-19/h2-12H,13-17H2,1H3. The number of morpholine rings is 1. The van der Waals surface area contributed by atoms with Crippen molar-refractivity contribution in [2.75, 3.05) is 37.0 Å². The number of para-hydroxylation sites is 1. The Labute approximate surface area is 170 Å². The zero-order valence-corrected chi connectivity index (χ0v) is 16.8. The minimum absolute atomic E-state index is 0.725. The first-order valence-electron chi connectivity index (χ1n) is 9.51. The van der Waals surface area contributed by atoms with Crippen LogP contribution in [0.4, 0.5) is 5.95 Å². The van der Waals surface area contributed by atoms with Gasteiger partial charge in [0.1, 0.15) is 0 Å². The summed E-state index contributed by atoms with van der Waals surface area (Å²) >= 11 is 1.70. The summed E-state index contributed by atoms with van der Waals surface area (Å²) in [5.41, 5.74) is 3.54. The summed E-state index contributed by atoms with van der Waals surface area (Å²) in [4.78, 5) is 2.26. The highest BCUT2D eigenvalue weighted by atomic mass is 32.2. The Morgan fingerprint density at radius 3 is 2.54 bits per heavy atom. The molecule has 2 heterocycles. The smallest absolute Gasteiger partial charge is 0.232 e. The lowest BCUT2D eigenvalue weighted by molar-refractivity contribution is 0.122. The van der Waals surface area contributed by atoms with E-state index in [4.69, 9.17) is 4.74 Å². The number of ether oxygens (including phenoxy) is 1. The van der Waals surface area contributed by atoms with E-state index in [0.717, 1.165) is 48.8 Å². The average molecular weight is 393 g/mol. The van der Waals surface area contributed by atoms with E-state index in [-0.39, 0.29) is 0 Å². The monoisotopic (exact) mass is 392 g/mol. The molecule has 0 radical (unpaired) electrons. The number of hydrogen-bond acceptors (Lipinski definition) is 5. The molecule has 0 N–H and O–H groups in total. The van der Waals surface area contributed by atoms with Crippen LogP contribution in [0.3, 0.4) is 0 Å². The Balaban J connectivity index is 1.59. The van der Waals surface area contributed by atoms with Crippen LogP contribution in [0.15, 0.2) is 65.8 Å². The molecule has 0 atom stereocenters. The molecule has 28 heavy (non-hydrogen) atoms. The maximum absolute atomic E-state index is 5.51. The molecule has 0 saturated carbocycles. The summed E-state index contributed by atoms with van der Waals surface area (Å²) in [5.74, 6) is 1.73. The molecule has 0 unspecified atom stereocenters. The fourth-order valence-electron chi connectivity index (χ4n) is 3.22. The lowest BCUT2D eigenvalue weighted by Gasteiger charge is -2.28. The minimum atomic E-state index is 0.725. The van der Waals surface area contributed by atoms with E-state index >= 15 is 0 Å². The number of aromatic nitrogens is 3. The third kappa shape index (κ3) is 4.29. The number of benzene rings is 2. The summed E-state index contributed by atoms with van der Waals surface area (Å²) in [7, 11) is 0. The highest BCUT2D eigenvalue weighted by Crippen LogP contribution is 2.29. The average Bonchev–Trinajstić information content (AvgIpc) is 3.16. The molecule has 0 amide bonds. The minimum Gasteiger partial charge on any atom is -0.378 e. The summed E-state index contributed by atoms with van der Waals surface area (Å²) in [6, 6.07) is 18.7. The van der Waals surface area contributed by atoms with E-state index < -0.39 is 0 Å². The third-order valence-electron chi connectivity index (χ3n) is 4.69. The van der Waals surface area contributed by atoms with Gasteiger partial charge in [-0.2, -0.15) is 0 Å². The second-order valence-electron chi connectivity index (χ2n) is 6.63. The van der Waals surface area contributed by atoms with Crippen LogP contribution in [0.25, 0.3) is 11.8 Å². The van der Waals surface area contributed by atoms with Gasteiger partial charge < -0.3 is 9.64 Å². The Morgan fingerprint density at radius 2 is 1.75 bits per heavy atom. The van der Waals surface area contributed by atoms with Crippen molar-refractivity contribution in [3.63, 3.8) is 0 Å². The van der Waals surface area contributed by atoms with Crippen LogP contribution in [0, 0.1) is 6.92 Å². The Kier molecular flexibility index (Phi) is 6.09.